The largest absolute Gasteiger partial charge is 0.339 e. The summed E-state index contributed by atoms with van der Waals surface area (Å²) in [6.07, 6.45) is 3.48. The first-order valence-corrected chi connectivity index (χ1v) is 9.48. The van der Waals surface area contributed by atoms with Gasteiger partial charge in [0.25, 0.3) is 5.91 Å². The molecular formula is C21H21NOS. The summed E-state index contributed by atoms with van der Waals surface area (Å²) in [7, 11) is 0. The minimum atomic E-state index is 0.179. The second kappa shape index (κ2) is 6.40. The number of rotatable bonds is 2. The Kier molecular flexibility index (Phi) is 4.11. The van der Waals surface area contributed by atoms with E-state index in [1.807, 2.05) is 4.90 Å². The van der Waals surface area contributed by atoms with E-state index in [1.54, 1.807) is 11.3 Å². The van der Waals surface area contributed by atoms with E-state index in [-0.39, 0.29) is 5.91 Å². The van der Waals surface area contributed by atoms with E-state index in [4.69, 9.17) is 0 Å². The summed E-state index contributed by atoms with van der Waals surface area (Å²) in [6, 6.07) is 14.9. The van der Waals surface area contributed by atoms with Crippen LogP contribution in [0.25, 0.3) is 21.2 Å². The van der Waals surface area contributed by atoms with Gasteiger partial charge in [-0.15, -0.1) is 11.3 Å². The Morgan fingerprint density at radius 3 is 2.50 bits per heavy atom. The number of hydrogen-bond donors (Lipinski definition) is 0. The van der Waals surface area contributed by atoms with Gasteiger partial charge in [0, 0.05) is 28.7 Å². The van der Waals surface area contributed by atoms with Gasteiger partial charge < -0.3 is 4.90 Å². The van der Waals surface area contributed by atoms with Crippen LogP contribution >= 0.6 is 11.3 Å². The van der Waals surface area contributed by atoms with Gasteiger partial charge in [-0.25, -0.2) is 0 Å². The first kappa shape index (κ1) is 15.4. The second-order valence-corrected chi connectivity index (χ2v) is 7.52. The molecule has 0 unspecified atom stereocenters. The molecule has 2 heterocycles. The first-order chi connectivity index (χ1) is 11.7. The van der Waals surface area contributed by atoms with Crippen molar-refractivity contribution in [3.8, 4) is 11.1 Å². The predicted octanol–water partition coefficient (Wildman–Crippen LogP) is 5.50. The maximum absolute atomic E-state index is 12.9. The van der Waals surface area contributed by atoms with Crippen LogP contribution in [0.15, 0.2) is 47.8 Å². The van der Waals surface area contributed by atoms with Gasteiger partial charge in [-0.3, -0.25) is 4.79 Å². The highest BCUT2D eigenvalue weighted by Gasteiger charge is 2.20. The van der Waals surface area contributed by atoms with Crippen molar-refractivity contribution in [1.29, 1.82) is 0 Å². The molecule has 1 aliphatic heterocycles. The van der Waals surface area contributed by atoms with Gasteiger partial charge >= 0.3 is 0 Å². The number of nitrogens with zero attached hydrogens (tertiary/aromatic N) is 1. The summed E-state index contributed by atoms with van der Waals surface area (Å²) in [5, 5.41) is 3.34. The number of thiophene rings is 1. The van der Waals surface area contributed by atoms with Gasteiger partial charge in [0.15, 0.2) is 0 Å². The van der Waals surface area contributed by atoms with Gasteiger partial charge in [0.05, 0.1) is 0 Å². The van der Waals surface area contributed by atoms with E-state index in [0.29, 0.717) is 0 Å². The van der Waals surface area contributed by atoms with Crippen LogP contribution in [0.2, 0.25) is 0 Å². The lowest BCUT2D eigenvalue weighted by molar-refractivity contribution is 0.0724. The fraction of sp³-hybridized carbons (Fsp3) is 0.286. The molecule has 0 atom stereocenters. The minimum Gasteiger partial charge on any atom is -0.339 e. The van der Waals surface area contributed by atoms with Gasteiger partial charge in [-0.1, -0.05) is 29.8 Å². The molecule has 0 spiro atoms. The van der Waals surface area contributed by atoms with E-state index in [1.165, 1.54) is 27.6 Å². The zero-order chi connectivity index (χ0) is 16.5. The summed E-state index contributed by atoms with van der Waals surface area (Å²) in [5.41, 5.74) is 4.41. The molecule has 1 aliphatic rings. The lowest BCUT2D eigenvalue weighted by Crippen LogP contribution is -2.35. The van der Waals surface area contributed by atoms with Crippen LogP contribution in [0, 0.1) is 6.92 Å². The van der Waals surface area contributed by atoms with Crippen molar-refractivity contribution in [3.05, 3.63) is 59.0 Å². The zero-order valence-electron chi connectivity index (χ0n) is 13.9. The molecule has 2 aromatic carbocycles. The van der Waals surface area contributed by atoms with Crippen LogP contribution in [-0.4, -0.2) is 23.9 Å². The molecule has 3 heteroatoms. The highest BCUT2D eigenvalue weighted by atomic mass is 32.1. The summed E-state index contributed by atoms with van der Waals surface area (Å²) in [4.78, 5) is 14.9. The van der Waals surface area contributed by atoms with Crippen molar-refractivity contribution >= 4 is 27.3 Å². The van der Waals surface area contributed by atoms with E-state index in [9.17, 15) is 4.79 Å². The van der Waals surface area contributed by atoms with Crippen molar-refractivity contribution in [3.63, 3.8) is 0 Å². The molecule has 1 fully saturated rings. The van der Waals surface area contributed by atoms with Crippen LogP contribution in [0.4, 0.5) is 0 Å². The molecule has 0 bridgehead atoms. The Hall–Kier alpha value is -2.13. The molecule has 122 valence electrons. The molecule has 24 heavy (non-hydrogen) atoms. The third kappa shape index (κ3) is 2.84. The number of aryl methyl sites for hydroxylation is 1. The lowest BCUT2D eigenvalue weighted by atomic mass is 9.98. The highest BCUT2D eigenvalue weighted by molar-refractivity contribution is 7.17. The van der Waals surface area contributed by atoms with Crippen LogP contribution in [0.3, 0.4) is 0 Å². The average molecular weight is 335 g/mol. The number of fused-ring (bicyclic) bond motifs is 1. The number of carbonyl (C=O) groups is 1. The average Bonchev–Trinajstić information content (AvgIpc) is 3.10. The normalized spacial score (nSPS) is 15.0. The Labute approximate surface area is 146 Å². The number of hydrogen-bond acceptors (Lipinski definition) is 2. The summed E-state index contributed by atoms with van der Waals surface area (Å²) >= 11 is 1.71. The molecule has 1 aromatic heterocycles. The summed E-state index contributed by atoms with van der Waals surface area (Å²) in [6.45, 7) is 3.88. The monoisotopic (exact) mass is 335 g/mol. The number of likely N-dealkylation sites (tertiary alicyclic amines) is 1. The van der Waals surface area contributed by atoms with Crippen LogP contribution in [0.1, 0.15) is 35.2 Å². The Morgan fingerprint density at radius 2 is 1.75 bits per heavy atom. The standard InChI is InChI=1S/C21H21NOS/c1-15-5-7-16(8-6-15)19-13-17(14-20-18(19)9-12-24-20)21(23)22-10-3-2-4-11-22/h5-9,12-14H,2-4,10-11H2,1H3. The van der Waals surface area contributed by atoms with Crippen molar-refractivity contribution in [2.75, 3.05) is 13.1 Å². The molecule has 0 radical (unpaired) electrons. The van der Waals surface area contributed by atoms with E-state index < -0.39 is 0 Å². The Balaban J connectivity index is 1.80. The van der Waals surface area contributed by atoms with Crippen molar-refractivity contribution in [1.82, 2.24) is 4.90 Å². The van der Waals surface area contributed by atoms with Crippen molar-refractivity contribution in [2.45, 2.75) is 26.2 Å². The predicted molar refractivity (Wildman–Crippen MR) is 102 cm³/mol. The summed E-state index contributed by atoms with van der Waals surface area (Å²) in [5.74, 6) is 0.179. The maximum Gasteiger partial charge on any atom is 0.253 e. The van der Waals surface area contributed by atoms with Gasteiger partial charge in [-0.2, -0.15) is 0 Å². The first-order valence-electron chi connectivity index (χ1n) is 8.60. The van der Waals surface area contributed by atoms with E-state index in [2.05, 4.69) is 54.8 Å². The van der Waals surface area contributed by atoms with Gasteiger partial charge in [-0.05, 0) is 60.9 Å². The highest BCUT2D eigenvalue weighted by Crippen LogP contribution is 2.34. The SMILES string of the molecule is Cc1ccc(-c2cc(C(=O)N3CCCCC3)cc3sccc23)cc1. The second-order valence-electron chi connectivity index (χ2n) is 6.58. The van der Waals surface area contributed by atoms with E-state index >= 15 is 0 Å². The molecule has 1 amide bonds. The van der Waals surface area contributed by atoms with E-state index in [0.717, 1.165) is 37.1 Å². The Morgan fingerprint density at radius 1 is 1.00 bits per heavy atom. The maximum atomic E-state index is 12.9. The zero-order valence-corrected chi connectivity index (χ0v) is 14.7. The van der Waals surface area contributed by atoms with Gasteiger partial charge in [0.1, 0.15) is 0 Å². The fourth-order valence-corrected chi connectivity index (χ4v) is 4.30. The molecular weight excluding hydrogens is 314 g/mol. The molecule has 1 saturated heterocycles. The molecule has 0 saturated carbocycles. The summed E-state index contributed by atoms with van der Waals surface area (Å²) < 4.78 is 1.19. The quantitative estimate of drug-likeness (QED) is 0.605. The Bertz CT molecular complexity index is 872. The van der Waals surface area contributed by atoms with Crippen LogP contribution in [-0.2, 0) is 0 Å². The van der Waals surface area contributed by atoms with Crippen molar-refractivity contribution in [2.24, 2.45) is 0 Å². The fourth-order valence-electron chi connectivity index (χ4n) is 3.45. The molecule has 2 nitrogen and oxygen atoms in total. The van der Waals surface area contributed by atoms with Crippen LogP contribution < -0.4 is 0 Å². The molecule has 0 N–H and O–H groups in total. The number of carbonyl (C=O) groups excluding carboxylic acids is 1. The smallest absolute Gasteiger partial charge is 0.253 e. The minimum absolute atomic E-state index is 0.179. The number of amides is 1. The molecule has 4 rings (SSSR count). The molecule has 3 aromatic rings. The topological polar surface area (TPSA) is 20.3 Å². The van der Waals surface area contributed by atoms with Crippen LogP contribution in [0.5, 0.6) is 0 Å². The molecule has 0 aliphatic carbocycles. The third-order valence-corrected chi connectivity index (χ3v) is 5.69. The lowest BCUT2D eigenvalue weighted by Gasteiger charge is -2.27. The third-order valence-electron chi connectivity index (χ3n) is 4.82. The number of piperidine rings is 1. The number of benzene rings is 2. The van der Waals surface area contributed by atoms with Crippen molar-refractivity contribution < 1.29 is 4.79 Å². The van der Waals surface area contributed by atoms with Gasteiger partial charge in [0.2, 0.25) is 0 Å².